The summed E-state index contributed by atoms with van der Waals surface area (Å²) in [4.78, 5) is 31.0. The van der Waals surface area contributed by atoms with E-state index >= 15 is 0 Å². The molecule has 1 atom stereocenters. The standard InChI is InChI=1S/C21H24N6O2/c1-6-10-26-20-22-18-17(27(20)15(4)14(3)23-26)19(28)25(21(29)24(18)5)12-16-9-7-8-13(2)11-16/h6-9,11,15H,1,10,12H2,2-5H3. The molecule has 0 amide bonds. The van der Waals surface area contributed by atoms with Crippen LogP contribution in [0.25, 0.3) is 11.2 Å². The van der Waals surface area contributed by atoms with Crippen molar-refractivity contribution in [1.29, 1.82) is 0 Å². The maximum atomic E-state index is 13.5. The van der Waals surface area contributed by atoms with E-state index in [1.807, 2.05) is 49.6 Å². The van der Waals surface area contributed by atoms with Crippen LogP contribution in [0, 0.1) is 6.92 Å². The van der Waals surface area contributed by atoms with E-state index < -0.39 is 0 Å². The maximum absolute atomic E-state index is 13.5. The number of benzene rings is 1. The molecule has 3 aromatic rings. The van der Waals surface area contributed by atoms with Gasteiger partial charge < -0.3 is 0 Å². The van der Waals surface area contributed by atoms with Crippen molar-refractivity contribution in [3.63, 3.8) is 0 Å². The van der Waals surface area contributed by atoms with Gasteiger partial charge in [0.25, 0.3) is 5.56 Å². The number of imidazole rings is 1. The largest absolute Gasteiger partial charge is 0.332 e. The van der Waals surface area contributed by atoms with E-state index in [9.17, 15) is 9.59 Å². The van der Waals surface area contributed by atoms with Crippen LogP contribution in [-0.2, 0) is 13.6 Å². The van der Waals surface area contributed by atoms with Crippen LogP contribution in [0.4, 0.5) is 5.95 Å². The molecule has 0 aliphatic carbocycles. The maximum Gasteiger partial charge on any atom is 0.332 e. The first-order valence-corrected chi connectivity index (χ1v) is 9.54. The number of anilines is 1. The summed E-state index contributed by atoms with van der Waals surface area (Å²) in [6, 6.07) is 7.66. The lowest BCUT2D eigenvalue weighted by Gasteiger charge is -2.28. The molecule has 3 heterocycles. The molecule has 150 valence electrons. The predicted molar refractivity (Wildman–Crippen MR) is 115 cm³/mol. The van der Waals surface area contributed by atoms with Crippen molar-refractivity contribution in [1.82, 2.24) is 18.7 Å². The molecule has 0 bridgehead atoms. The molecule has 0 saturated carbocycles. The highest BCUT2D eigenvalue weighted by Crippen LogP contribution is 2.29. The number of aromatic nitrogens is 4. The summed E-state index contributed by atoms with van der Waals surface area (Å²) in [6.45, 7) is 10.3. The van der Waals surface area contributed by atoms with Crippen LogP contribution in [-0.4, -0.2) is 30.9 Å². The van der Waals surface area contributed by atoms with Gasteiger partial charge in [0.15, 0.2) is 11.2 Å². The molecule has 0 saturated heterocycles. The fourth-order valence-electron chi connectivity index (χ4n) is 3.76. The number of aryl methyl sites for hydroxylation is 2. The van der Waals surface area contributed by atoms with Gasteiger partial charge in [-0.2, -0.15) is 10.1 Å². The Balaban J connectivity index is 1.99. The Morgan fingerprint density at radius 1 is 1.24 bits per heavy atom. The van der Waals surface area contributed by atoms with Crippen LogP contribution in [0.1, 0.15) is 31.0 Å². The normalized spacial score (nSPS) is 16.1. The van der Waals surface area contributed by atoms with Gasteiger partial charge in [0.1, 0.15) is 0 Å². The number of fused-ring (bicyclic) bond motifs is 3. The zero-order chi connectivity index (χ0) is 20.9. The zero-order valence-corrected chi connectivity index (χ0v) is 17.1. The molecule has 0 N–H and O–H groups in total. The van der Waals surface area contributed by atoms with Crippen molar-refractivity contribution >= 4 is 22.8 Å². The summed E-state index contributed by atoms with van der Waals surface area (Å²) in [5, 5.41) is 6.28. The van der Waals surface area contributed by atoms with E-state index in [0.29, 0.717) is 23.7 Å². The summed E-state index contributed by atoms with van der Waals surface area (Å²) in [7, 11) is 1.64. The van der Waals surface area contributed by atoms with Gasteiger partial charge in [0, 0.05) is 7.05 Å². The monoisotopic (exact) mass is 392 g/mol. The molecule has 1 aromatic carbocycles. The smallest absolute Gasteiger partial charge is 0.294 e. The quantitative estimate of drug-likeness (QED) is 0.638. The first-order valence-electron chi connectivity index (χ1n) is 9.54. The van der Waals surface area contributed by atoms with Crippen molar-refractivity contribution in [2.75, 3.05) is 11.6 Å². The second-order valence-corrected chi connectivity index (χ2v) is 7.46. The topological polar surface area (TPSA) is 77.4 Å². The number of nitrogens with zero attached hydrogens (tertiary/aromatic N) is 6. The minimum atomic E-state index is -0.389. The Kier molecular flexibility index (Phi) is 4.49. The molecule has 0 fully saturated rings. The SMILES string of the molecule is C=CCN1N=C(C)C(C)n2c1nc1c2c(=O)n(Cc2cccc(C)c2)c(=O)n1C. The van der Waals surface area contributed by atoms with Crippen molar-refractivity contribution < 1.29 is 0 Å². The third kappa shape index (κ3) is 2.91. The highest BCUT2D eigenvalue weighted by Gasteiger charge is 2.30. The molecule has 4 rings (SSSR count). The zero-order valence-electron chi connectivity index (χ0n) is 17.1. The first kappa shape index (κ1) is 18.9. The summed E-state index contributed by atoms with van der Waals surface area (Å²) in [5.74, 6) is 0.540. The van der Waals surface area contributed by atoms with E-state index in [1.54, 1.807) is 18.1 Å². The number of hydrogen-bond acceptors (Lipinski definition) is 5. The molecular formula is C21H24N6O2. The van der Waals surface area contributed by atoms with E-state index in [4.69, 9.17) is 0 Å². The highest BCUT2D eigenvalue weighted by molar-refractivity contribution is 5.91. The van der Waals surface area contributed by atoms with Crippen LogP contribution in [0.2, 0.25) is 0 Å². The fourth-order valence-corrected chi connectivity index (χ4v) is 3.76. The van der Waals surface area contributed by atoms with Crippen LogP contribution >= 0.6 is 0 Å². The summed E-state index contributed by atoms with van der Waals surface area (Å²) in [6.07, 6.45) is 1.73. The molecule has 1 aliphatic heterocycles. The van der Waals surface area contributed by atoms with Gasteiger partial charge in [0.05, 0.1) is 24.8 Å². The average Bonchev–Trinajstić information content (AvgIpc) is 3.09. The second-order valence-electron chi connectivity index (χ2n) is 7.46. The summed E-state index contributed by atoms with van der Waals surface area (Å²) < 4.78 is 4.58. The van der Waals surface area contributed by atoms with Gasteiger partial charge in [-0.1, -0.05) is 35.9 Å². The molecular weight excluding hydrogens is 368 g/mol. The number of rotatable bonds is 4. The Morgan fingerprint density at radius 2 is 2.00 bits per heavy atom. The lowest BCUT2D eigenvalue weighted by molar-refractivity contribution is 0.634. The van der Waals surface area contributed by atoms with E-state index in [-0.39, 0.29) is 23.8 Å². The lowest BCUT2D eigenvalue weighted by atomic mass is 10.1. The van der Waals surface area contributed by atoms with Crippen molar-refractivity contribution in [2.24, 2.45) is 12.1 Å². The average molecular weight is 392 g/mol. The molecule has 0 radical (unpaired) electrons. The second kappa shape index (κ2) is 6.88. The van der Waals surface area contributed by atoms with Gasteiger partial charge in [-0.05, 0) is 26.3 Å². The molecule has 1 unspecified atom stereocenters. The molecule has 0 spiro atoms. The Hall–Kier alpha value is -3.42. The third-order valence-corrected chi connectivity index (χ3v) is 5.38. The number of hydrazone groups is 1. The fraction of sp³-hybridized carbons (Fsp3) is 0.333. The summed E-state index contributed by atoms with van der Waals surface area (Å²) in [5.41, 5.74) is 2.88. The lowest BCUT2D eigenvalue weighted by Crippen LogP contribution is -2.40. The van der Waals surface area contributed by atoms with Crippen molar-refractivity contribution in [3.05, 3.63) is 68.9 Å². The first-order chi connectivity index (χ1) is 13.8. The Morgan fingerprint density at radius 3 is 2.69 bits per heavy atom. The summed E-state index contributed by atoms with van der Waals surface area (Å²) >= 11 is 0. The van der Waals surface area contributed by atoms with E-state index in [1.165, 1.54) is 9.13 Å². The molecule has 1 aliphatic rings. The molecule has 29 heavy (non-hydrogen) atoms. The van der Waals surface area contributed by atoms with Crippen LogP contribution in [0.5, 0.6) is 0 Å². The van der Waals surface area contributed by atoms with E-state index in [0.717, 1.165) is 16.8 Å². The molecule has 8 nitrogen and oxygen atoms in total. The molecule has 8 heteroatoms. The van der Waals surface area contributed by atoms with Gasteiger partial charge in [-0.25, -0.2) is 9.80 Å². The predicted octanol–water partition coefficient (Wildman–Crippen LogP) is 2.20. The van der Waals surface area contributed by atoms with Crippen molar-refractivity contribution in [3.8, 4) is 0 Å². The number of hydrogen-bond donors (Lipinski definition) is 0. The van der Waals surface area contributed by atoms with E-state index in [2.05, 4.69) is 16.7 Å². The highest BCUT2D eigenvalue weighted by atomic mass is 16.2. The Bertz CT molecular complexity index is 1280. The van der Waals surface area contributed by atoms with Crippen LogP contribution in [0.3, 0.4) is 0 Å². The van der Waals surface area contributed by atoms with Gasteiger partial charge in [-0.15, -0.1) is 6.58 Å². The minimum absolute atomic E-state index is 0.145. The molecule has 2 aromatic heterocycles. The minimum Gasteiger partial charge on any atom is -0.294 e. The van der Waals surface area contributed by atoms with Crippen molar-refractivity contribution in [2.45, 2.75) is 33.4 Å². The third-order valence-electron chi connectivity index (χ3n) is 5.38. The Labute approximate surface area is 168 Å². The van der Waals surface area contributed by atoms with Crippen LogP contribution in [0.15, 0.2) is 51.6 Å². The van der Waals surface area contributed by atoms with Gasteiger partial charge in [-0.3, -0.25) is 18.5 Å². The van der Waals surface area contributed by atoms with Crippen LogP contribution < -0.4 is 16.3 Å². The van der Waals surface area contributed by atoms with Gasteiger partial charge >= 0.3 is 5.69 Å². The van der Waals surface area contributed by atoms with Gasteiger partial charge in [0.2, 0.25) is 5.95 Å².